The number of β-amino-alcohol motifs (C(OH)–C–C–N with tert-alkyl or cyclic N) is 1. The van der Waals surface area contributed by atoms with Crippen molar-refractivity contribution in [3.63, 3.8) is 0 Å². The minimum absolute atomic E-state index is 0.128. The van der Waals surface area contributed by atoms with Crippen molar-refractivity contribution in [2.24, 2.45) is 5.41 Å². The molecule has 86 valence electrons. The Morgan fingerprint density at radius 1 is 1.33 bits per heavy atom. The fourth-order valence-corrected chi connectivity index (χ4v) is 2.89. The second-order valence-electron chi connectivity index (χ2n) is 5.31. The van der Waals surface area contributed by atoms with Crippen LogP contribution < -0.4 is 0 Å². The van der Waals surface area contributed by atoms with Crippen molar-refractivity contribution in [3.8, 4) is 0 Å². The van der Waals surface area contributed by atoms with E-state index in [0.717, 1.165) is 32.2 Å². The van der Waals surface area contributed by atoms with Crippen molar-refractivity contribution in [1.29, 1.82) is 0 Å². The molecule has 1 N–H and O–H groups in total. The first-order chi connectivity index (χ1) is 7.12. The monoisotopic (exact) mass is 211 g/mol. The maximum atomic E-state index is 12.3. The molecule has 0 spiro atoms. The van der Waals surface area contributed by atoms with E-state index in [1.165, 1.54) is 12.8 Å². The van der Waals surface area contributed by atoms with Crippen molar-refractivity contribution in [2.75, 3.05) is 13.1 Å². The number of piperidine rings is 1. The Balaban J connectivity index is 2.00. The van der Waals surface area contributed by atoms with Gasteiger partial charge in [0.05, 0.1) is 6.10 Å². The predicted molar refractivity (Wildman–Crippen MR) is 58.4 cm³/mol. The number of carbonyl (C=O) groups is 1. The zero-order chi connectivity index (χ0) is 10.9. The molecule has 3 nitrogen and oxygen atoms in total. The molecule has 2 rings (SSSR count). The van der Waals surface area contributed by atoms with E-state index in [0.29, 0.717) is 6.54 Å². The van der Waals surface area contributed by atoms with Crippen LogP contribution in [0, 0.1) is 5.41 Å². The SMILES string of the molecule is CC1(C(=O)N2CCCC(O)C2)CCCC1. The summed E-state index contributed by atoms with van der Waals surface area (Å²) in [7, 11) is 0. The summed E-state index contributed by atoms with van der Waals surface area (Å²) in [4.78, 5) is 14.2. The van der Waals surface area contributed by atoms with Crippen molar-refractivity contribution >= 4 is 5.91 Å². The number of hydrogen-bond donors (Lipinski definition) is 1. The highest BCUT2D eigenvalue weighted by molar-refractivity contribution is 5.82. The molecule has 0 aromatic carbocycles. The first kappa shape index (κ1) is 10.9. The molecule has 1 atom stereocenters. The lowest BCUT2D eigenvalue weighted by atomic mass is 9.86. The lowest BCUT2D eigenvalue weighted by molar-refractivity contribution is -0.144. The van der Waals surface area contributed by atoms with E-state index in [1.807, 2.05) is 4.90 Å². The van der Waals surface area contributed by atoms with Gasteiger partial charge in [-0.05, 0) is 25.7 Å². The molecular weight excluding hydrogens is 190 g/mol. The number of hydrogen-bond acceptors (Lipinski definition) is 2. The van der Waals surface area contributed by atoms with Crippen molar-refractivity contribution in [3.05, 3.63) is 0 Å². The Bertz CT molecular complexity index is 246. The molecule has 0 aromatic heterocycles. The molecule has 0 aromatic rings. The number of amides is 1. The molecule has 1 aliphatic carbocycles. The number of rotatable bonds is 1. The highest BCUT2D eigenvalue weighted by atomic mass is 16.3. The highest BCUT2D eigenvalue weighted by Gasteiger charge is 2.39. The Kier molecular flexibility index (Phi) is 3.01. The largest absolute Gasteiger partial charge is 0.391 e. The van der Waals surface area contributed by atoms with Gasteiger partial charge < -0.3 is 10.0 Å². The molecule has 15 heavy (non-hydrogen) atoms. The Morgan fingerprint density at radius 2 is 2.00 bits per heavy atom. The van der Waals surface area contributed by atoms with Gasteiger partial charge in [0, 0.05) is 18.5 Å². The van der Waals surface area contributed by atoms with Gasteiger partial charge in [-0.2, -0.15) is 0 Å². The van der Waals surface area contributed by atoms with Crippen molar-refractivity contribution in [2.45, 2.75) is 51.6 Å². The normalized spacial score (nSPS) is 30.5. The van der Waals surface area contributed by atoms with E-state index >= 15 is 0 Å². The zero-order valence-corrected chi connectivity index (χ0v) is 9.54. The molecule has 1 aliphatic heterocycles. The fourth-order valence-electron chi connectivity index (χ4n) is 2.89. The van der Waals surface area contributed by atoms with Gasteiger partial charge in [-0.15, -0.1) is 0 Å². The van der Waals surface area contributed by atoms with Crippen molar-refractivity contribution < 1.29 is 9.90 Å². The van der Waals surface area contributed by atoms with Gasteiger partial charge in [0.25, 0.3) is 0 Å². The quantitative estimate of drug-likeness (QED) is 0.715. The summed E-state index contributed by atoms with van der Waals surface area (Å²) in [5.41, 5.74) is -0.128. The molecule has 0 bridgehead atoms. The zero-order valence-electron chi connectivity index (χ0n) is 9.54. The molecule has 0 radical (unpaired) electrons. The van der Waals surface area contributed by atoms with Gasteiger partial charge in [-0.1, -0.05) is 19.8 Å². The van der Waals surface area contributed by atoms with Crippen molar-refractivity contribution in [1.82, 2.24) is 4.90 Å². The van der Waals surface area contributed by atoms with Crippen LogP contribution in [0.1, 0.15) is 45.4 Å². The fraction of sp³-hybridized carbons (Fsp3) is 0.917. The maximum Gasteiger partial charge on any atom is 0.228 e. The third kappa shape index (κ3) is 2.17. The molecule has 2 aliphatic rings. The van der Waals surface area contributed by atoms with E-state index < -0.39 is 0 Å². The van der Waals surface area contributed by atoms with Crippen LogP contribution in [-0.2, 0) is 4.79 Å². The molecule has 2 fully saturated rings. The number of nitrogens with zero attached hydrogens (tertiary/aromatic N) is 1. The molecular formula is C12H21NO2. The summed E-state index contributed by atoms with van der Waals surface area (Å²) in [6, 6.07) is 0. The summed E-state index contributed by atoms with van der Waals surface area (Å²) >= 11 is 0. The van der Waals surface area contributed by atoms with Crippen LogP contribution in [0.2, 0.25) is 0 Å². The summed E-state index contributed by atoms with van der Waals surface area (Å²) in [5.74, 6) is 0.277. The van der Waals surface area contributed by atoms with Gasteiger partial charge in [-0.25, -0.2) is 0 Å². The number of carbonyl (C=O) groups excluding carboxylic acids is 1. The minimum Gasteiger partial charge on any atom is -0.391 e. The first-order valence-corrected chi connectivity index (χ1v) is 6.09. The first-order valence-electron chi connectivity index (χ1n) is 6.09. The average molecular weight is 211 g/mol. The Labute approximate surface area is 91.5 Å². The van der Waals surface area contributed by atoms with Crippen LogP contribution >= 0.6 is 0 Å². The van der Waals surface area contributed by atoms with Gasteiger partial charge in [0.1, 0.15) is 0 Å². The van der Waals surface area contributed by atoms with Gasteiger partial charge in [0.15, 0.2) is 0 Å². The minimum atomic E-state index is -0.298. The Morgan fingerprint density at radius 3 is 2.60 bits per heavy atom. The average Bonchev–Trinajstić information content (AvgIpc) is 2.65. The summed E-state index contributed by atoms with van der Waals surface area (Å²) in [6.45, 7) is 3.48. The standard InChI is InChI=1S/C12H21NO2/c1-12(6-2-3-7-12)11(15)13-8-4-5-10(14)9-13/h10,14H,2-9H2,1H3. The van der Waals surface area contributed by atoms with Crippen LogP contribution in [0.25, 0.3) is 0 Å². The maximum absolute atomic E-state index is 12.3. The molecule has 1 heterocycles. The van der Waals surface area contributed by atoms with Crippen LogP contribution in [-0.4, -0.2) is 35.1 Å². The Hall–Kier alpha value is -0.570. The smallest absolute Gasteiger partial charge is 0.228 e. The van der Waals surface area contributed by atoms with Gasteiger partial charge >= 0.3 is 0 Å². The highest BCUT2D eigenvalue weighted by Crippen LogP contribution is 2.39. The number of aliphatic hydroxyl groups excluding tert-OH is 1. The molecule has 3 heteroatoms. The molecule has 1 saturated carbocycles. The van der Waals surface area contributed by atoms with Crippen LogP contribution in [0.4, 0.5) is 0 Å². The van der Waals surface area contributed by atoms with E-state index in [1.54, 1.807) is 0 Å². The molecule has 1 unspecified atom stereocenters. The van der Waals surface area contributed by atoms with E-state index in [4.69, 9.17) is 0 Å². The predicted octanol–water partition coefficient (Wildman–Crippen LogP) is 1.55. The number of aliphatic hydroxyl groups is 1. The lowest BCUT2D eigenvalue weighted by Crippen LogP contribution is -2.47. The topological polar surface area (TPSA) is 40.5 Å². The van der Waals surface area contributed by atoms with Crippen LogP contribution in [0.15, 0.2) is 0 Å². The summed E-state index contributed by atoms with van der Waals surface area (Å²) in [6.07, 6.45) is 5.91. The van der Waals surface area contributed by atoms with Crippen LogP contribution in [0.3, 0.4) is 0 Å². The summed E-state index contributed by atoms with van der Waals surface area (Å²) < 4.78 is 0. The third-order valence-corrected chi connectivity index (χ3v) is 3.91. The van der Waals surface area contributed by atoms with E-state index in [2.05, 4.69) is 6.92 Å². The second kappa shape index (κ2) is 4.12. The second-order valence-corrected chi connectivity index (χ2v) is 5.31. The van der Waals surface area contributed by atoms with Crippen LogP contribution in [0.5, 0.6) is 0 Å². The summed E-state index contributed by atoms with van der Waals surface area (Å²) in [5, 5.41) is 9.56. The molecule has 1 saturated heterocycles. The lowest BCUT2D eigenvalue weighted by Gasteiger charge is -2.36. The van der Waals surface area contributed by atoms with Gasteiger partial charge in [0.2, 0.25) is 5.91 Å². The van der Waals surface area contributed by atoms with E-state index in [9.17, 15) is 9.90 Å². The third-order valence-electron chi connectivity index (χ3n) is 3.91. The molecule has 1 amide bonds. The van der Waals surface area contributed by atoms with Gasteiger partial charge in [-0.3, -0.25) is 4.79 Å². The number of likely N-dealkylation sites (tertiary alicyclic amines) is 1. The van der Waals surface area contributed by atoms with E-state index in [-0.39, 0.29) is 17.4 Å².